The maximum atomic E-state index is 14.1. The summed E-state index contributed by atoms with van der Waals surface area (Å²) in [6.07, 6.45) is -6.65. The van der Waals surface area contributed by atoms with Gasteiger partial charge in [-0.05, 0) is 26.3 Å². The monoisotopic (exact) mass is 591 g/mol. The average molecular weight is 592 g/mol. The molecule has 2 amide bonds. The number of ether oxygens (including phenoxy) is 2. The fourth-order valence-corrected chi connectivity index (χ4v) is 2.67. The van der Waals surface area contributed by atoms with E-state index in [1.165, 1.54) is 34.6 Å². The molecule has 0 heterocycles. The van der Waals surface area contributed by atoms with Gasteiger partial charge in [0.2, 0.25) is 5.91 Å². The molecule has 1 aromatic rings. The lowest BCUT2D eigenvalue weighted by Gasteiger charge is -2.31. The second kappa shape index (κ2) is 16.4. The fourth-order valence-electron chi connectivity index (χ4n) is 2.67. The molecule has 4 unspecified atom stereocenters. The zero-order valence-corrected chi connectivity index (χ0v) is 23.1. The minimum Gasteiger partial charge on any atom is -0.458 e. The van der Waals surface area contributed by atoms with E-state index in [1.54, 1.807) is 30.3 Å². The molecule has 0 spiro atoms. The summed E-state index contributed by atoms with van der Waals surface area (Å²) < 4.78 is 63.4. The van der Waals surface area contributed by atoms with Crippen LogP contribution in [0.1, 0.15) is 53.0 Å². The van der Waals surface area contributed by atoms with Gasteiger partial charge in [-0.3, -0.25) is 4.79 Å². The topological polar surface area (TPSA) is 174 Å². The molecule has 15 heteroatoms. The predicted octanol–water partition coefficient (Wildman–Crippen LogP) is 2.66. The number of aliphatic hydroxyl groups is 2. The van der Waals surface area contributed by atoms with Gasteiger partial charge in [-0.25, -0.2) is 27.2 Å². The van der Waals surface area contributed by atoms with Crippen LogP contribution in [0, 0.1) is 0 Å². The Labute approximate surface area is 230 Å². The third-order valence-corrected chi connectivity index (χ3v) is 4.97. The maximum Gasteiger partial charge on any atom is 0.408 e. The molecule has 0 saturated carbocycles. The second-order valence-electron chi connectivity index (χ2n) is 9.26. The van der Waals surface area contributed by atoms with Crippen LogP contribution >= 0.6 is 12.4 Å². The van der Waals surface area contributed by atoms with Gasteiger partial charge < -0.3 is 36.5 Å². The Hall–Kier alpha value is -2.68. The molecular formula is C24H38ClF4N3O7. The average Bonchev–Trinajstić information content (AvgIpc) is 2.84. The highest BCUT2D eigenvalue weighted by Gasteiger charge is 2.47. The van der Waals surface area contributed by atoms with E-state index in [0.29, 0.717) is 5.56 Å². The van der Waals surface area contributed by atoms with Gasteiger partial charge in [-0.2, -0.15) is 0 Å². The second-order valence-corrected chi connectivity index (χ2v) is 9.26. The Morgan fingerprint density at radius 3 is 1.85 bits per heavy atom. The van der Waals surface area contributed by atoms with Crippen molar-refractivity contribution in [2.75, 3.05) is 0 Å². The number of primary amides is 1. The highest BCUT2D eigenvalue weighted by Crippen LogP contribution is 2.26. The van der Waals surface area contributed by atoms with Crippen molar-refractivity contribution in [3.63, 3.8) is 0 Å². The molecule has 39 heavy (non-hydrogen) atoms. The smallest absolute Gasteiger partial charge is 0.408 e. The van der Waals surface area contributed by atoms with Crippen LogP contribution in [0.5, 0.6) is 0 Å². The fraction of sp³-hybridized carbons (Fsp3) is 0.625. The predicted molar refractivity (Wildman–Crippen MR) is 136 cm³/mol. The van der Waals surface area contributed by atoms with E-state index in [-0.39, 0.29) is 19.0 Å². The van der Waals surface area contributed by atoms with E-state index < -0.39 is 72.5 Å². The zero-order chi connectivity index (χ0) is 29.9. The number of benzene rings is 1. The van der Waals surface area contributed by atoms with Crippen molar-refractivity contribution in [2.45, 2.75) is 95.8 Å². The molecule has 1 aromatic carbocycles. The number of halogens is 5. The number of hydrogen-bond donors (Lipinski definition) is 5. The molecule has 0 radical (unpaired) electrons. The lowest BCUT2D eigenvalue weighted by molar-refractivity contribution is -0.173. The van der Waals surface area contributed by atoms with Crippen molar-refractivity contribution < 1.29 is 51.6 Å². The zero-order valence-electron chi connectivity index (χ0n) is 22.3. The van der Waals surface area contributed by atoms with E-state index in [0.717, 1.165) is 0 Å². The molecule has 4 atom stereocenters. The first kappa shape index (κ1) is 38.5. The van der Waals surface area contributed by atoms with Gasteiger partial charge in [0.1, 0.15) is 24.3 Å². The highest BCUT2D eigenvalue weighted by molar-refractivity contribution is 5.85. The van der Waals surface area contributed by atoms with E-state index in [1.807, 2.05) is 5.32 Å². The number of alkyl halides is 4. The van der Waals surface area contributed by atoms with Crippen LogP contribution in [0.25, 0.3) is 0 Å². The number of nitrogens with two attached hydrogens (primary N) is 2. The molecule has 1 rings (SSSR count). The number of nitrogens with one attached hydrogen (secondary N) is 1. The van der Waals surface area contributed by atoms with Gasteiger partial charge in [0, 0.05) is 12.8 Å². The molecular weight excluding hydrogens is 554 g/mol. The number of esters is 1. The van der Waals surface area contributed by atoms with Crippen LogP contribution in [0.15, 0.2) is 30.3 Å². The summed E-state index contributed by atoms with van der Waals surface area (Å²) in [6, 6.07) is 4.53. The SMILES string of the molecule is CCC(F)(F)C(N)C(O)C(N)=O.CCC(F)(F)C(NC(=O)OCc1ccccc1)C(O)C(=O)OC(C)(C)C.Cl. The van der Waals surface area contributed by atoms with Gasteiger partial charge in [0.05, 0.1) is 0 Å². The minimum absolute atomic E-state index is 0. The maximum absolute atomic E-state index is 14.1. The lowest BCUT2D eigenvalue weighted by Crippen LogP contribution is -2.57. The van der Waals surface area contributed by atoms with E-state index in [4.69, 9.17) is 20.3 Å². The largest absolute Gasteiger partial charge is 0.458 e. The van der Waals surface area contributed by atoms with Crippen molar-refractivity contribution in [1.29, 1.82) is 0 Å². The molecule has 10 nitrogen and oxygen atoms in total. The number of carbonyl (C=O) groups is 3. The van der Waals surface area contributed by atoms with Crippen molar-refractivity contribution in [2.24, 2.45) is 11.5 Å². The van der Waals surface area contributed by atoms with Crippen molar-refractivity contribution >= 4 is 30.4 Å². The van der Waals surface area contributed by atoms with Gasteiger partial charge in [-0.1, -0.05) is 44.2 Å². The van der Waals surface area contributed by atoms with Crippen LogP contribution in [-0.2, 0) is 25.7 Å². The van der Waals surface area contributed by atoms with Gasteiger partial charge >= 0.3 is 12.1 Å². The third kappa shape index (κ3) is 13.8. The molecule has 7 N–H and O–H groups in total. The number of aliphatic hydroxyl groups excluding tert-OH is 2. The van der Waals surface area contributed by atoms with E-state index in [9.17, 15) is 37.1 Å². The number of hydrogen-bond acceptors (Lipinski definition) is 8. The highest BCUT2D eigenvalue weighted by atomic mass is 35.5. The summed E-state index contributed by atoms with van der Waals surface area (Å²) in [4.78, 5) is 34.1. The van der Waals surface area contributed by atoms with Crippen molar-refractivity contribution in [3.8, 4) is 0 Å². The molecule has 0 saturated heterocycles. The minimum atomic E-state index is -3.54. The Morgan fingerprint density at radius 2 is 1.44 bits per heavy atom. The number of amides is 2. The first-order chi connectivity index (χ1) is 17.3. The molecule has 0 aliphatic carbocycles. The number of carbonyl (C=O) groups excluding carboxylic acids is 3. The number of rotatable bonds is 11. The van der Waals surface area contributed by atoms with Crippen LogP contribution in [0.4, 0.5) is 22.4 Å². The summed E-state index contributed by atoms with van der Waals surface area (Å²) in [5.41, 5.74) is 9.18. The van der Waals surface area contributed by atoms with Crippen LogP contribution in [-0.4, -0.2) is 69.9 Å². The van der Waals surface area contributed by atoms with Gasteiger partial charge in [0.15, 0.2) is 12.2 Å². The van der Waals surface area contributed by atoms with E-state index >= 15 is 0 Å². The number of alkyl carbamates (subject to hydrolysis) is 1. The Balaban J connectivity index is 0. The summed E-state index contributed by atoms with van der Waals surface area (Å²) in [5.74, 6) is -9.30. The summed E-state index contributed by atoms with van der Waals surface area (Å²) in [7, 11) is 0. The lowest BCUT2D eigenvalue weighted by atomic mass is 10.0. The van der Waals surface area contributed by atoms with Crippen LogP contribution < -0.4 is 16.8 Å². The van der Waals surface area contributed by atoms with Gasteiger partial charge in [-0.15, -0.1) is 12.4 Å². The molecule has 0 aliphatic rings. The summed E-state index contributed by atoms with van der Waals surface area (Å²) >= 11 is 0. The summed E-state index contributed by atoms with van der Waals surface area (Å²) in [6.45, 7) is 6.84. The van der Waals surface area contributed by atoms with Crippen LogP contribution in [0.3, 0.4) is 0 Å². The van der Waals surface area contributed by atoms with Gasteiger partial charge in [0.25, 0.3) is 11.8 Å². The Morgan fingerprint density at radius 1 is 0.949 bits per heavy atom. The summed E-state index contributed by atoms with van der Waals surface area (Å²) in [5, 5.41) is 20.7. The molecule has 226 valence electrons. The molecule has 0 aliphatic heterocycles. The first-order valence-corrected chi connectivity index (χ1v) is 11.7. The molecule has 0 aromatic heterocycles. The Bertz CT molecular complexity index is 905. The third-order valence-electron chi connectivity index (χ3n) is 4.97. The first-order valence-electron chi connectivity index (χ1n) is 11.7. The van der Waals surface area contributed by atoms with Crippen LogP contribution in [0.2, 0.25) is 0 Å². The standard InChI is InChI=1S/C18H25F2NO5.C6H12F2N2O2.ClH/c1-5-18(19,20)14(13(22)15(23)26-17(2,3)4)21-16(24)25-11-12-9-7-6-8-10-12;1-2-6(7,8)4(9)3(11)5(10)12;/h6-10,13-14,22H,5,11H2,1-4H3,(H,21,24);3-4,11H,2,9H2,1H3,(H2,10,12);1H. The quantitative estimate of drug-likeness (QED) is 0.193. The van der Waals surface area contributed by atoms with Crippen molar-refractivity contribution in [1.82, 2.24) is 5.32 Å². The van der Waals surface area contributed by atoms with E-state index in [2.05, 4.69) is 5.73 Å². The Kier molecular flexibility index (Phi) is 16.2. The molecule has 0 bridgehead atoms. The molecule has 0 fully saturated rings. The normalized spacial score (nSPS) is 14.8. The van der Waals surface area contributed by atoms with Crippen molar-refractivity contribution in [3.05, 3.63) is 35.9 Å².